The van der Waals surface area contributed by atoms with Crippen molar-refractivity contribution in [2.45, 2.75) is 25.4 Å². The third-order valence-electron chi connectivity index (χ3n) is 3.09. The van der Waals surface area contributed by atoms with Crippen LogP contribution in [-0.2, 0) is 4.74 Å². The molecule has 1 aliphatic rings. The quantitative estimate of drug-likeness (QED) is 0.555. The highest BCUT2D eigenvalue weighted by Crippen LogP contribution is 2.24. The number of amides is 1. The van der Waals surface area contributed by atoms with Gasteiger partial charge in [0.1, 0.15) is 0 Å². The van der Waals surface area contributed by atoms with E-state index in [1.54, 1.807) is 18.2 Å². The van der Waals surface area contributed by atoms with Crippen LogP contribution in [0.4, 0.5) is 5.69 Å². The van der Waals surface area contributed by atoms with Gasteiger partial charge in [0.25, 0.3) is 5.91 Å². The van der Waals surface area contributed by atoms with Gasteiger partial charge in [-0.1, -0.05) is 6.07 Å². The van der Waals surface area contributed by atoms with Crippen LogP contribution in [0.15, 0.2) is 18.2 Å². The molecule has 0 aliphatic carbocycles. The van der Waals surface area contributed by atoms with Gasteiger partial charge in [-0.2, -0.15) is 0 Å². The summed E-state index contributed by atoms with van der Waals surface area (Å²) in [5.74, 6) is -0.468. The summed E-state index contributed by atoms with van der Waals surface area (Å²) in [5.41, 5.74) is 5.96. The van der Waals surface area contributed by atoms with Gasteiger partial charge in [-0.05, 0) is 31.4 Å². The van der Waals surface area contributed by atoms with Crippen LogP contribution in [0, 0.1) is 0 Å². The van der Waals surface area contributed by atoms with Crippen molar-refractivity contribution in [1.82, 2.24) is 5.32 Å². The van der Waals surface area contributed by atoms with Gasteiger partial charge in [-0.3, -0.25) is 4.79 Å². The Morgan fingerprint density at radius 1 is 1.56 bits per heavy atom. The summed E-state index contributed by atoms with van der Waals surface area (Å²) in [6.07, 6.45) is 3.20. The van der Waals surface area contributed by atoms with Crippen molar-refractivity contribution in [3.63, 3.8) is 0 Å². The largest absolute Gasteiger partial charge is 0.505 e. The normalized spacial score (nSPS) is 18.8. The highest BCUT2D eigenvalue weighted by molar-refractivity contribution is 5.98. The van der Waals surface area contributed by atoms with E-state index in [4.69, 9.17) is 10.5 Å². The number of rotatable bonds is 4. The first-order chi connectivity index (χ1) is 8.68. The fraction of sp³-hybridized carbons (Fsp3) is 0.462. The predicted octanol–water partition coefficient (Wildman–Crippen LogP) is 1.27. The Balaban J connectivity index is 1.85. The number of nitrogens with one attached hydrogen (secondary N) is 1. The molecule has 0 bridgehead atoms. The maximum absolute atomic E-state index is 11.8. The number of aromatic hydroxyl groups is 1. The molecular formula is C13H18N2O3. The molecule has 18 heavy (non-hydrogen) atoms. The van der Waals surface area contributed by atoms with Gasteiger partial charge >= 0.3 is 0 Å². The number of nitrogen functional groups attached to an aromatic ring is 1. The lowest BCUT2D eigenvalue weighted by molar-refractivity contribution is 0.0905. The second-order valence-corrected chi connectivity index (χ2v) is 4.42. The number of nitrogens with two attached hydrogens (primary N) is 1. The van der Waals surface area contributed by atoms with Crippen molar-refractivity contribution in [3.05, 3.63) is 23.8 Å². The molecule has 1 aromatic carbocycles. The Hall–Kier alpha value is -1.75. The van der Waals surface area contributed by atoms with Gasteiger partial charge in [-0.15, -0.1) is 0 Å². The first kappa shape index (κ1) is 12.7. The van der Waals surface area contributed by atoms with Crippen LogP contribution < -0.4 is 11.1 Å². The first-order valence-corrected chi connectivity index (χ1v) is 6.15. The molecule has 1 aliphatic heterocycles. The Labute approximate surface area is 106 Å². The van der Waals surface area contributed by atoms with Crippen molar-refractivity contribution in [3.8, 4) is 5.75 Å². The summed E-state index contributed by atoms with van der Waals surface area (Å²) in [6, 6.07) is 4.75. The van der Waals surface area contributed by atoms with E-state index < -0.39 is 0 Å². The Kier molecular flexibility index (Phi) is 4.04. The minimum Gasteiger partial charge on any atom is -0.505 e. The van der Waals surface area contributed by atoms with E-state index in [0.29, 0.717) is 6.54 Å². The van der Waals surface area contributed by atoms with Crippen LogP contribution in [-0.4, -0.2) is 30.3 Å². The smallest absolute Gasteiger partial charge is 0.255 e. The van der Waals surface area contributed by atoms with E-state index in [-0.39, 0.29) is 29.0 Å². The maximum Gasteiger partial charge on any atom is 0.255 e. The lowest BCUT2D eigenvalue weighted by Crippen LogP contribution is -2.27. The zero-order valence-corrected chi connectivity index (χ0v) is 10.2. The molecule has 1 heterocycles. The van der Waals surface area contributed by atoms with E-state index in [0.717, 1.165) is 25.9 Å². The summed E-state index contributed by atoms with van der Waals surface area (Å²) in [5, 5.41) is 12.4. The van der Waals surface area contributed by atoms with E-state index >= 15 is 0 Å². The summed E-state index contributed by atoms with van der Waals surface area (Å²) >= 11 is 0. The van der Waals surface area contributed by atoms with Crippen LogP contribution in [0.2, 0.25) is 0 Å². The first-order valence-electron chi connectivity index (χ1n) is 6.15. The monoisotopic (exact) mass is 250 g/mol. The number of benzene rings is 1. The van der Waals surface area contributed by atoms with Crippen molar-refractivity contribution >= 4 is 11.6 Å². The SMILES string of the molecule is Nc1cccc(C(=O)NCCC2CCCO2)c1O. The highest BCUT2D eigenvalue weighted by Gasteiger charge is 2.16. The van der Waals surface area contributed by atoms with Crippen molar-refractivity contribution in [2.75, 3.05) is 18.9 Å². The molecule has 1 aromatic rings. The third-order valence-corrected chi connectivity index (χ3v) is 3.09. The topological polar surface area (TPSA) is 84.6 Å². The van der Waals surface area contributed by atoms with Gasteiger partial charge in [0, 0.05) is 13.2 Å². The van der Waals surface area contributed by atoms with Crippen LogP contribution >= 0.6 is 0 Å². The lowest BCUT2D eigenvalue weighted by atomic mass is 10.1. The van der Waals surface area contributed by atoms with E-state index in [9.17, 15) is 9.90 Å². The third kappa shape index (κ3) is 2.92. The molecule has 1 amide bonds. The van der Waals surface area contributed by atoms with Crippen LogP contribution in [0.3, 0.4) is 0 Å². The fourth-order valence-electron chi connectivity index (χ4n) is 2.06. The average Bonchev–Trinajstić information content (AvgIpc) is 2.85. The van der Waals surface area contributed by atoms with Crippen molar-refractivity contribution in [1.29, 1.82) is 0 Å². The number of phenols is 1. The minimum absolute atomic E-state index is 0.160. The van der Waals surface area contributed by atoms with E-state index in [1.165, 1.54) is 0 Å². The molecule has 1 fully saturated rings. The molecule has 1 atom stereocenters. The van der Waals surface area contributed by atoms with Crippen LogP contribution in [0.1, 0.15) is 29.6 Å². The molecule has 98 valence electrons. The standard InChI is InChI=1S/C13H18N2O3/c14-11-5-1-4-10(12(11)16)13(17)15-7-6-9-3-2-8-18-9/h1,4-5,9,16H,2-3,6-8,14H2,(H,15,17). The summed E-state index contributed by atoms with van der Waals surface area (Å²) in [4.78, 5) is 11.8. The maximum atomic E-state index is 11.8. The second-order valence-electron chi connectivity index (χ2n) is 4.42. The molecule has 1 saturated heterocycles. The van der Waals surface area contributed by atoms with Gasteiger partial charge < -0.3 is 20.9 Å². The zero-order valence-electron chi connectivity index (χ0n) is 10.2. The van der Waals surface area contributed by atoms with E-state index in [2.05, 4.69) is 5.32 Å². The molecule has 1 unspecified atom stereocenters. The second kappa shape index (κ2) is 5.73. The van der Waals surface area contributed by atoms with Crippen molar-refractivity contribution < 1.29 is 14.6 Å². The van der Waals surface area contributed by atoms with Gasteiger partial charge in [-0.25, -0.2) is 0 Å². The number of carbonyl (C=O) groups excluding carboxylic acids is 1. The fourth-order valence-corrected chi connectivity index (χ4v) is 2.06. The zero-order chi connectivity index (χ0) is 13.0. The lowest BCUT2D eigenvalue weighted by Gasteiger charge is -2.11. The Bertz CT molecular complexity index is 428. The van der Waals surface area contributed by atoms with Gasteiger partial charge in [0.2, 0.25) is 0 Å². The van der Waals surface area contributed by atoms with E-state index in [1.807, 2.05) is 0 Å². The number of para-hydroxylation sites is 1. The minimum atomic E-state index is -0.308. The number of phenolic OH excluding ortho intramolecular Hbond substituents is 1. The summed E-state index contributed by atoms with van der Waals surface area (Å²) < 4.78 is 5.46. The van der Waals surface area contributed by atoms with Gasteiger partial charge in [0.15, 0.2) is 5.75 Å². The molecule has 4 N–H and O–H groups in total. The number of hydrogen-bond acceptors (Lipinski definition) is 4. The Morgan fingerprint density at radius 2 is 2.39 bits per heavy atom. The molecule has 0 radical (unpaired) electrons. The summed E-state index contributed by atoms with van der Waals surface area (Å²) in [7, 11) is 0. The summed E-state index contributed by atoms with van der Waals surface area (Å²) in [6.45, 7) is 1.35. The van der Waals surface area contributed by atoms with Crippen LogP contribution in [0.5, 0.6) is 5.75 Å². The molecule has 5 heteroatoms. The number of carbonyl (C=O) groups is 1. The number of hydrogen-bond donors (Lipinski definition) is 3. The van der Waals surface area contributed by atoms with Crippen LogP contribution in [0.25, 0.3) is 0 Å². The van der Waals surface area contributed by atoms with Crippen molar-refractivity contribution in [2.24, 2.45) is 0 Å². The molecule has 0 saturated carbocycles. The molecule has 2 rings (SSSR count). The average molecular weight is 250 g/mol. The molecule has 5 nitrogen and oxygen atoms in total. The number of anilines is 1. The molecular weight excluding hydrogens is 232 g/mol. The Morgan fingerprint density at radius 3 is 3.11 bits per heavy atom. The number of ether oxygens (including phenoxy) is 1. The highest BCUT2D eigenvalue weighted by atomic mass is 16.5. The van der Waals surface area contributed by atoms with Gasteiger partial charge in [0.05, 0.1) is 17.4 Å². The molecule has 0 aromatic heterocycles. The molecule has 0 spiro atoms. The predicted molar refractivity (Wildman–Crippen MR) is 68.4 cm³/mol.